The summed E-state index contributed by atoms with van der Waals surface area (Å²) in [5.41, 5.74) is 1.97. The van der Waals surface area contributed by atoms with Crippen LogP contribution in [0.2, 0.25) is 0 Å². The average molecular weight is 250 g/mol. The van der Waals surface area contributed by atoms with Crippen LogP contribution in [0.3, 0.4) is 0 Å². The van der Waals surface area contributed by atoms with Crippen molar-refractivity contribution in [2.45, 2.75) is 52.6 Å². The molecule has 0 aliphatic heterocycles. The highest BCUT2D eigenvalue weighted by Gasteiger charge is 2.13. The number of benzene rings is 1. The summed E-state index contributed by atoms with van der Waals surface area (Å²) >= 11 is 0. The SMILES string of the molecule is CCCCC(C)NCc1cccc([N+](=O)[O-])c1C. The second-order valence-corrected chi connectivity index (χ2v) is 4.74. The van der Waals surface area contributed by atoms with Crippen LogP contribution in [0.25, 0.3) is 0 Å². The van der Waals surface area contributed by atoms with Crippen molar-refractivity contribution in [1.82, 2.24) is 5.32 Å². The summed E-state index contributed by atoms with van der Waals surface area (Å²) in [4.78, 5) is 10.5. The van der Waals surface area contributed by atoms with Crippen molar-refractivity contribution in [3.63, 3.8) is 0 Å². The Morgan fingerprint density at radius 2 is 2.17 bits per heavy atom. The lowest BCUT2D eigenvalue weighted by Crippen LogP contribution is -2.25. The number of nitro benzene ring substituents is 1. The second-order valence-electron chi connectivity index (χ2n) is 4.74. The Kier molecular flexibility index (Phi) is 5.78. The van der Waals surface area contributed by atoms with Crippen molar-refractivity contribution < 1.29 is 4.92 Å². The zero-order valence-electron chi connectivity index (χ0n) is 11.4. The topological polar surface area (TPSA) is 55.2 Å². The highest BCUT2D eigenvalue weighted by Crippen LogP contribution is 2.21. The molecule has 0 saturated carbocycles. The summed E-state index contributed by atoms with van der Waals surface area (Å²) in [6.07, 6.45) is 3.55. The highest BCUT2D eigenvalue weighted by molar-refractivity contribution is 5.44. The standard InChI is InChI=1S/C14H22N2O2/c1-4-5-7-11(2)15-10-13-8-6-9-14(12(13)3)16(17)18/h6,8-9,11,15H,4-5,7,10H2,1-3H3. The molecule has 0 bridgehead atoms. The summed E-state index contributed by atoms with van der Waals surface area (Å²) in [5.74, 6) is 0. The van der Waals surface area contributed by atoms with Crippen LogP contribution in [0.5, 0.6) is 0 Å². The minimum absolute atomic E-state index is 0.204. The molecule has 4 heteroatoms. The molecule has 1 N–H and O–H groups in total. The van der Waals surface area contributed by atoms with E-state index in [2.05, 4.69) is 19.2 Å². The predicted molar refractivity (Wildman–Crippen MR) is 73.7 cm³/mol. The zero-order valence-corrected chi connectivity index (χ0v) is 11.4. The van der Waals surface area contributed by atoms with E-state index in [1.807, 2.05) is 13.0 Å². The van der Waals surface area contributed by atoms with Gasteiger partial charge in [0.05, 0.1) is 4.92 Å². The van der Waals surface area contributed by atoms with Crippen molar-refractivity contribution in [2.24, 2.45) is 0 Å². The second kappa shape index (κ2) is 7.11. The maximum atomic E-state index is 10.8. The lowest BCUT2D eigenvalue weighted by Gasteiger charge is -2.14. The molecular weight excluding hydrogens is 228 g/mol. The van der Waals surface area contributed by atoms with Gasteiger partial charge in [0.1, 0.15) is 0 Å². The van der Waals surface area contributed by atoms with Gasteiger partial charge in [-0.05, 0) is 25.8 Å². The lowest BCUT2D eigenvalue weighted by molar-refractivity contribution is -0.385. The van der Waals surface area contributed by atoms with E-state index in [4.69, 9.17) is 0 Å². The third kappa shape index (κ3) is 4.11. The first-order valence-corrected chi connectivity index (χ1v) is 6.52. The smallest absolute Gasteiger partial charge is 0.272 e. The van der Waals surface area contributed by atoms with Crippen molar-refractivity contribution in [3.05, 3.63) is 39.4 Å². The van der Waals surface area contributed by atoms with Crippen LogP contribution in [0.1, 0.15) is 44.2 Å². The summed E-state index contributed by atoms with van der Waals surface area (Å²) in [7, 11) is 0. The van der Waals surface area contributed by atoms with E-state index in [0.717, 1.165) is 17.5 Å². The first-order valence-electron chi connectivity index (χ1n) is 6.52. The Hall–Kier alpha value is -1.42. The molecule has 1 aromatic carbocycles. The minimum atomic E-state index is -0.320. The molecule has 0 aliphatic rings. The number of hydrogen-bond acceptors (Lipinski definition) is 3. The van der Waals surface area contributed by atoms with E-state index in [1.54, 1.807) is 12.1 Å². The number of unbranched alkanes of at least 4 members (excludes halogenated alkanes) is 1. The molecule has 0 amide bonds. The Labute approximate surface area is 109 Å². The van der Waals surface area contributed by atoms with Crippen LogP contribution in [-0.4, -0.2) is 11.0 Å². The highest BCUT2D eigenvalue weighted by atomic mass is 16.6. The molecule has 1 atom stereocenters. The molecule has 0 aliphatic carbocycles. The molecule has 4 nitrogen and oxygen atoms in total. The molecule has 0 aromatic heterocycles. The van der Waals surface area contributed by atoms with Crippen molar-refractivity contribution in [3.8, 4) is 0 Å². The molecule has 100 valence electrons. The molecule has 1 unspecified atom stereocenters. The first-order chi connectivity index (χ1) is 8.56. The largest absolute Gasteiger partial charge is 0.310 e. The van der Waals surface area contributed by atoms with E-state index in [1.165, 1.54) is 12.8 Å². The molecule has 18 heavy (non-hydrogen) atoms. The van der Waals surface area contributed by atoms with Gasteiger partial charge in [-0.1, -0.05) is 31.9 Å². The normalized spacial score (nSPS) is 12.4. The van der Waals surface area contributed by atoms with E-state index in [9.17, 15) is 10.1 Å². The predicted octanol–water partition coefficient (Wildman–Crippen LogP) is 3.57. The van der Waals surface area contributed by atoms with Gasteiger partial charge in [0, 0.05) is 24.2 Å². The summed E-state index contributed by atoms with van der Waals surface area (Å²) in [5, 5.41) is 14.3. The van der Waals surface area contributed by atoms with Gasteiger partial charge in [-0.2, -0.15) is 0 Å². The van der Waals surface area contributed by atoms with Crippen molar-refractivity contribution >= 4 is 5.69 Å². The van der Waals surface area contributed by atoms with Crippen LogP contribution in [-0.2, 0) is 6.54 Å². The molecule has 1 aromatic rings. The van der Waals surface area contributed by atoms with Gasteiger partial charge in [0.2, 0.25) is 0 Å². The van der Waals surface area contributed by atoms with Crippen LogP contribution in [0.4, 0.5) is 5.69 Å². The van der Waals surface area contributed by atoms with Gasteiger partial charge in [-0.3, -0.25) is 10.1 Å². The van der Waals surface area contributed by atoms with Gasteiger partial charge < -0.3 is 5.32 Å². The number of rotatable bonds is 7. The molecule has 1 rings (SSSR count). The number of nitrogens with one attached hydrogen (secondary N) is 1. The van der Waals surface area contributed by atoms with Gasteiger partial charge in [-0.15, -0.1) is 0 Å². The number of nitrogens with zero attached hydrogens (tertiary/aromatic N) is 1. The van der Waals surface area contributed by atoms with Gasteiger partial charge >= 0.3 is 0 Å². The van der Waals surface area contributed by atoms with Crippen LogP contribution >= 0.6 is 0 Å². The van der Waals surface area contributed by atoms with Crippen molar-refractivity contribution in [1.29, 1.82) is 0 Å². The molecule has 0 radical (unpaired) electrons. The maximum absolute atomic E-state index is 10.8. The third-order valence-corrected chi connectivity index (χ3v) is 3.25. The van der Waals surface area contributed by atoms with Crippen LogP contribution in [0, 0.1) is 17.0 Å². The summed E-state index contributed by atoms with van der Waals surface area (Å²) in [6, 6.07) is 5.70. The average Bonchev–Trinajstić information content (AvgIpc) is 2.34. The maximum Gasteiger partial charge on any atom is 0.272 e. The van der Waals surface area contributed by atoms with Crippen molar-refractivity contribution in [2.75, 3.05) is 0 Å². The van der Waals surface area contributed by atoms with Crippen LogP contribution < -0.4 is 5.32 Å². The molecule has 0 saturated heterocycles. The summed E-state index contributed by atoms with van der Waals surface area (Å²) in [6.45, 7) is 6.84. The first kappa shape index (κ1) is 14.6. The van der Waals surface area contributed by atoms with E-state index >= 15 is 0 Å². The molecular formula is C14H22N2O2. The number of hydrogen-bond donors (Lipinski definition) is 1. The quantitative estimate of drug-likeness (QED) is 0.594. The Morgan fingerprint density at radius 1 is 1.44 bits per heavy atom. The van der Waals surface area contributed by atoms with E-state index in [0.29, 0.717) is 12.6 Å². The minimum Gasteiger partial charge on any atom is -0.310 e. The monoisotopic (exact) mass is 250 g/mol. The molecule has 0 spiro atoms. The van der Waals surface area contributed by atoms with E-state index < -0.39 is 0 Å². The van der Waals surface area contributed by atoms with E-state index in [-0.39, 0.29) is 10.6 Å². The fourth-order valence-corrected chi connectivity index (χ4v) is 1.96. The molecule has 0 fully saturated rings. The van der Waals surface area contributed by atoms with Crippen LogP contribution in [0.15, 0.2) is 18.2 Å². The number of nitro groups is 1. The fourth-order valence-electron chi connectivity index (χ4n) is 1.96. The lowest BCUT2D eigenvalue weighted by atomic mass is 10.1. The van der Waals surface area contributed by atoms with Gasteiger partial charge in [0.15, 0.2) is 0 Å². The zero-order chi connectivity index (χ0) is 13.5. The Morgan fingerprint density at radius 3 is 2.78 bits per heavy atom. The fraction of sp³-hybridized carbons (Fsp3) is 0.571. The van der Waals surface area contributed by atoms with Gasteiger partial charge in [-0.25, -0.2) is 0 Å². The third-order valence-electron chi connectivity index (χ3n) is 3.25. The Balaban J connectivity index is 2.62. The Bertz CT molecular complexity index is 405. The summed E-state index contributed by atoms with van der Waals surface area (Å²) < 4.78 is 0. The van der Waals surface area contributed by atoms with Gasteiger partial charge in [0.25, 0.3) is 5.69 Å². The molecule has 0 heterocycles.